The predicted molar refractivity (Wildman–Crippen MR) is 106 cm³/mol. The maximum absolute atomic E-state index is 12.6. The second-order valence-corrected chi connectivity index (χ2v) is 6.19. The normalized spacial score (nSPS) is 11.0. The SMILES string of the molecule is O=C(CCl)Nc1cc(C(=O)Nc2cnc(-c3cccnc3)cn2)ccc1OC(F)(F)F. The van der Waals surface area contributed by atoms with Gasteiger partial charge in [-0.15, -0.1) is 24.8 Å². The number of anilines is 2. The minimum Gasteiger partial charge on any atom is -0.404 e. The van der Waals surface area contributed by atoms with Gasteiger partial charge in [0.15, 0.2) is 11.6 Å². The summed E-state index contributed by atoms with van der Waals surface area (Å²) in [5.74, 6) is -2.55. The zero-order valence-electron chi connectivity index (χ0n) is 15.5. The summed E-state index contributed by atoms with van der Waals surface area (Å²) >= 11 is 5.38. The van der Waals surface area contributed by atoms with Crippen molar-refractivity contribution in [1.82, 2.24) is 15.0 Å². The van der Waals surface area contributed by atoms with E-state index in [1.807, 2.05) is 0 Å². The van der Waals surface area contributed by atoms with Gasteiger partial charge >= 0.3 is 6.36 Å². The molecule has 0 spiro atoms. The van der Waals surface area contributed by atoms with E-state index in [2.05, 4.69) is 30.3 Å². The summed E-state index contributed by atoms with van der Waals surface area (Å²) in [7, 11) is 0. The van der Waals surface area contributed by atoms with Crippen LogP contribution < -0.4 is 15.4 Å². The van der Waals surface area contributed by atoms with E-state index in [-0.39, 0.29) is 17.1 Å². The van der Waals surface area contributed by atoms with Crippen LogP contribution >= 0.6 is 11.6 Å². The number of hydrogen-bond acceptors (Lipinski definition) is 6. The summed E-state index contributed by atoms with van der Waals surface area (Å²) in [5, 5.41) is 4.63. The molecule has 8 nitrogen and oxygen atoms in total. The van der Waals surface area contributed by atoms with Gasteiger partial charge in [0.2, 0.25) is 5.91 Å². The Hall–Kier alpha value is -3.73. The molecule has 31 heavy (non-hydrogen) atoms. The first-order valence-corrected chi connectivity index (χ1v) is 9.08. The number of pyridine rings is 1. The zero-order valence-corrected chi connectivity index (χ0v) is 16.2. The fourth-order valence-electron chi connectivity index (χ4n) is 2.41. The molecule has 0 saturated heterocycles. The van der Waals surface area contributed by atoms with Crippen LogP contribution in [0.25, 0.3) is 11.3 Å². The Morgan fingerprint density at radius 3 is 2.48 bits per heavy atom. The lowest BCUT2D eigenvalue weighted by Crippen LogP contribution is -2.21. The van der Waals surface area contributed by atoms with Crippen molar-refractivity contribution in [3.05, 3.63) is 60.7 Å². The topological polar surface area (TPSA) is 106 Å². The van der Waals surface area contributed by atoms with Crippen molar-refractivity contribution in [2.24, 2.45) is 0 Å². The number of halogens is 4. The molecule has 1 aromatic carbocycles. The Balaban J connectivity index is 1.79. The first-order valence-electron chi connectivity index (χ1n) is 8.54. The minimum atomic E-state index is -4.99. The largest absolute Gasteiger partial charge is 0.573 e. The van der Waals surface area contributed by atoms with Crippen LogP contribution in [0.4, 0.5) is 24.7 Å². The molecule has 12 heteroatoms. The fraction of sp³-hybridized carbons (Fsp3) is 0.105. The molecule has 0 saturated carbocycles. The standard InChI is InChI=1S/C19H13ClF3N5O3/c20-7-17(29)27-13-6-11(3-4-15(13)31-19(21,22)23)18(30)28-16-10-25-14(9-26-16)12-2-1-5-24-8-12/h1-6,8-10H,7H2,(H,27,29)(H,26,28,30). The fourth-order valence-corrected chi connectivity index (χ4v) is 2.48. The van der Waals surface area contributed by atoms with E-state index in [0.717, 1.165) is 23.8 Å². The smallest absolute Gasteiger partial charge is 0.404 e. The third kappa shape index (κ3) is 6.12. The number of amides is 2. The Bertz CT molecular complexity index is 1080. The van der Waals surface area contributed by atoms with Crippen molar-refractivity contribution in [2.45, 2.75) is 6.36 Å². The molecular weight excluding hydrogens is 439 g/mol. The van der Waals surface area contributed by atoms with E-state index in [1.54, 1.807) is 24.5 Å². The van der Waals surface area contributed by atoms with Crippen LogP contribution in [0, 0.1) is 0 Å². The summed E-state index contributed by atoms with van der Waals surface area (Å²) in [6.07, 6.45) is 0.969. The van der Waals surface area contributed by atoms with Gasteiger partial charge in [-0.1, -0.05) is 0 Å². The quantitative estimate of drug-likeness (QED) is 0.551. The van der Waals surface area contributed by atoms with Crippen LogP contribution in [0.3, 0.4) is 0 Å². The van der Waals surface area contributed by atoms with Crippen LogP contribution in [-0.2, 0) is 4.79 Å². The maximum Gasteiger partial charge on any atom is 0.573 e. The summed E-state index contributed by atoms with van der Waals surface area (Å²) in [6, 6.07) is 6.56. The molecule has 0 fully saturated rings. The third-order valence-electron chi connectivity index (χ3n) is 3.71. The van der Waals surface area contributed by atoms with Gasteiger partial charge in [0, 0.05) is 23.5 Å². The Morgan fingerprint density at radius 1 is 1.06 bits per heavy atom. The molecule has 2 N–H and O–H groups in total. The monoisotopic (exact) mass is 451 g/mol. The second-order valence-electron chi connectivity index (χ2n) is 5.92. The number of nitrogens with one attached hydrogen (secondary N) is 2. The molecule has 3 rings (SSSR count). The van der Waals surface area contributed by atoms with Crippen molar-refractivity contribution in [2.75, 3.05) is 16.5 Å². The average molecular weight is 452 g/mol. The molecule has 0 aliphatic heterocycles. The molecular formula is C19H13ClF3N5O3. The highest BCUT2D eigenvalue weighted by Gasteiger charge is 2.32. The predicted octanol–water partition coefficient (Wildman–Crippen LogP) is 3.87. The summed E-state index contributed by atoms with van der Waals surface area (Å²) in [6.45, 7) is 0. The third-order valence-corrected chi connectivity index (χ3v) is 3.96. The summed E-state index contributed by atoms with van der Waals surface area (Å²) in [4.78, 5) is 36.3. The number of hydrogen-bond donors (Lipinski definition) is 2. The number of alkyl halides is 4. The van der Waals surface area contributed by atoms with E-state index in [0.29, 0.717) is 5.69 Å². The molecule has 0 aliphatic carbocycles. The molecule has 3 aromatic rings. The lowest BCUT2D eigenvalue weighted by Gasteiger charge is -2.15. The van der Waals surface area contributed by atoms with Crippen molar-refractivity contribution >= 4 is 34.9 Å². The van der Waals surface area contributed by atoms with Crippen LogP contribution in [0.2, 0.25) is 0 Å². The summed E-state index contributed by atoms with van der Waals surface area (Å²) in [5.41, 5.74) is 0.838. The maximum atomic E-state index is 12.6. The van der Waals surface area contributed by atoms with Gasteiger partial charge in [-0.2, -0.15) is 0 Å². The Labute approximate surface area is 178 Å². The number of benzene rings is 1. The minimum absolute atomic E-state index is 0.0578. The van der Waals surface area contributed by atoms with Crippen LogP contribution in [0.1, 0.15) is 10.4 Å². The van der Waals surface area contributed by atoms with Crippen LogP contribution in [0.15, 0.2) is 55.1 Å². The molecule has 0 radical (unpaired) electrons. The van der Waals surface area contributed by atoms with E-state index >= 15 is 0 Å². The van der Waals surface area contributed by atoms with Gasteiger partial charge in [0.05, 0.1) is 23.8 Å². The van der Waals surface area contributed by atoms with Gasteiger partial charge in [0.1, 0.15) is 5.88 Å². The number of rotatable bonds is 6. The summed E-state index contributed by atoms with van der Waals surface area (Å²) < 4.78 is 41.6. The highest BCUT2D eigenvalue weighted by molar-refractivity contribution is 6.29. The van der Waals surface area contributed by atoms with Crippen molar-refractivity contribution in [3.63, 3.8) is 0 Å². The average Bonchev–Trinajstić information content (AvgIpc) is 2.75. The van der Waals surface area contributed by atoms with Crippen LogP contribution in [-0.4, -0.2) is 39.0 Å². The van der Waals surface area contributed by atoms with Gasteiger partial charge < -0.3 is 15.4 Å². The number of carbonyl (C=O) groups is 2. The van der Waals surface area contributed by atoms with E-state index < -0.39 is 29.8 Å². The van der Waals surface area contributed by atoms with Gasteiger partial charge in [-0.25, -0.2) is 4.98 Å². The molecule has 2 heterocycles. The highest BCUT2D eigenvalue weighted by atomic mass is 35.5. The number of carbonyl (C=O) groups excluding carboxylic acids is 2. The molecule has 0 aliphatic rings. The lowest BCUT2D eigenvalue weighted by molar-refractivity contribution is -0.274. The molecule has 0 bridgehead atoms. The molecule has 0 atom stereocenters. The molecule has 160 valence electrons. The van der Waals surface area contributed by atoms with Gasteiger partial charge in [-0.3, -0.25) is 19.6 Å². The Kier molecular flexibility index (Phi) is 6.65. The van der Waals surface area contributed by atoms with E-state index in [1.165, 1.54) is 12.4 Å². The number of ether oxygens (including phenoxy) is 1. The van der Waals surface area contributed by atoms with Crippen molar-refractivity contribution in [1.29, 1.82) is 0 Å². The van der Waals surface area contributed by atoms with Gasteiger partial charge in [0.25, 0.3) is 5.91 Å². The lowest BCUT2D eigenvalue weighted by atomic mass is 10.1. The second kappa shape index (κ2) is 9.39. The first-order chi connectivity index (χ1) is 14.7. The van der Waals surface area contributed by atoms with E-state index in [9.17, 15) is 22.8 Å². The number of nitrogens with zero attached hydrogens (tertiary/aromatic N) is 3. The molecule has 2 amide bonds. The molecule has 0 unspecified atom stereocenters. The van der Waals surface area contributed by atoms with Crippen molar-refractivity contribution in [3.8, 4) is 17.0 Å². The highest BCUT2D eigenvalue weighted by Crippen LogP contribution is 2.31. The number of aromatic nitrogens is 3. The molecule has 2 aromatic heterocycles. The first kappa shape index (κ1) is 22.0. The zero-order chi connectivity index (χ0) is 22.4. The van der Waals surface area contributed by atoms with Crippen molar-refractivity contribution < 1.29 is 27.5 Å². The Morgan fingerprint density at radius 2 is 1.87 bits per heavy atom. The van der Waals surface area contributed by atoms with Crippen LogP contribution in [0.5, 0.6) is 5.75 Å². The van der Waals surface area contributed by atoms with E-state index in [4.69, 9.17) is 11.6 Å². The van der Waals surface area contributed by atoms with Gasteiger partial charge in [-0.05, 0) is 30.3 Å².